The number of rotatable bonds is 8. The molecule has 58 heavy (non-hydrogen) atoms. The highest BCUT2D eigenvalue weighted by molar-refractivity contribution is 5.97. The van der Waals surface area contributed by atoms with Gasteiger partial charge in [0.1, 0.15) is 23.9 Å². The smallest absolute Gasteiger partial charge is 0.216 e. The Kier molecular flexibility index (Phi) is 10.3. The van der Waals surface area contributed by atoms with E-state index in [1.165, 1.54) is 65.5 Å². The van der Waals surface area contributed by atoms with Crippen LogP contribution in [0.25, 0.3) is 11.1 Å². The fourth-order valence-electron chi connectivity index (χ4n) is 9.74. The summed E-state index contributed by atoms with van der Waals surface area (Å²) in [5.74, 6) is 4.46. The lowest BCUT2D eigenvalue weighted by Crippen LogP contribution is -2.35. The van der Waals surface area contributed by atoms with Crippen LogP contribution in [0.15, 0.2) is 96.1 Å². The van der Waals surface area contributed by atoms with Crippen LogP contribution in [0.3, 0.4) is 0 Å². The standard InChI is InChI=1S/C53H63N3O2/c1-33(2)43-19-15-20-44(34(3)4)48(43)36-27-37(50-55-53(11,32-57-50)38-17-13-12-14-18-38)29-42(28-36)58-41-26-35(5)25-40(31-41)56-47-23-22-39(51(6,7)8)30-46(47)52(9,10)45-21-16-24-54-49(45)56/h15-16,19-31,33-34,38H,12-14,17-18,32H2,1-11H3/t53-/m0/s1. The Hall–Kier alpha value is -4.90. The summed E-state index contributed by atoms with van der Waals surface area (Å²) in [6.07, 6.45) is 8.23. The first kappa shape index (κ1) is 39.9. The van der Waals surface area contributed by atoms with Gasteiger partial charge < -0.3 is 9.47 Å². The van der Waals surface area contributed by atoms with Gasteiger partial charge in [0.2, 0.25) is 5.90 Å². The van der Waals surface area contributed by atoms with Crippen molar-refractivity contribution in [2.24, 2.45) is 10.9 Å². The molecule has 1 aliphatic carbocycles. The van der Waals surface area contributed by atoms with Gasteiger partial charge in [0.25, 0.3) is 0 Å². The molecule has 0 radical (unpaired) electrons. The van der Waals surface area contributed by atoms with Crippen molar-refractivity contribution in [2.75, 3.05) is 11.5 Å². The zero-order chi connectivity index (χ0) is 41.1. The van der Waals surface area contributed by atoms with E-state index in [0.717, 1.165) is 51.3 Å². The van der Waals surface area contributed by atoms with Crippen LogP contribution >= 0.6 is 0 Å². The highest BCUT2D eigenvalue weighted by Gasteiger charge is 2.41. The molecule has 1 fully saturated rings. The molecule has 4 aromatic carbocycles. The van der Waals surface area contributed by atoms with Gasteiger partial charge in [0, 0.05) is 28.8 Å². The third-order valence-corrected chi connectivity index (χ3v) is 13.1. The first-order chi connectivity index (χ1) is 27.5. The largest absolute Gasteiger partial charge is 0.475 e. The lowest BCUT2D eigenvalue weighted by molar-refractivity contribution is 0.170. The Morgan fingerprint density at radius 2 is 1.45 bits per heavy atom. The Morgan fingerprint density at radius 1 is 0.759 bits per heavy atom. The van der Waals surface area contributed by atoms with E-state index in [1.807, 2.05) is 6.20 Å². The van der Waals surface area contributed by atoms with Crippen LogP contribution in [0.5, 0.6) is 11.5 Å². The third-order valence-electron chi connectivity index (χ3n) is 13.1. The number of aromatic nitrogens is 1. The van der Waals surface area contributed by atoms with E-state index in [4.69, 9.17) is 19.5 Å². The van der Waals surface area contributed by atoms with Gasteiger partial charge >= 0.3 is 0 Å². The van der Waals surface area contributed by atoms with E-state index >= 15 is 0 Å². The molecular formula is C53H63N3O2. The second-order valence-corrected chi connectivity index (χ2v) is 19.7. The first-order valence-electron chi connectivity index (χ1n) is 21.7. The van der Waals surface area contributed by atoms with Gasteiger partial charge in [0.05, 0.1) is 16.9 Å². The molecule has 302 valence electrons. The van der Waals surface area contributed by atoms with Crippen molar-refractivity contribution in [3.63, 3.8) is 0 Å². The Bertz CT molecular complexity index is 2350. The van der Waals surface area contributed by atoms with Crippen molar-refractivity contribution < 1.29 is 9.47 Å². The van der Waals surface area contributed by atoms with Crippen molar-refractivity contribution in [1.82, 2.24) is 4.98 Å². The van der Waals surface area contributed by atoms with Crippen LogP contribution in [0.2, 0.25) is 0 Å². The van der Waals surface area contributed by atoms with Crippen molar-refractivity contribution in [2.45, 2.75) is 136 Å². The van der Waals surface area contributed by atoms with Gasteiger partial charge in [-0.15, -0.1) is 0 Å². The average Bonchev–Trinajstić information content (AvgIpc) is 3.60. The van der Waals surface area contributed by atoms with E-state index in [0.29, 0.717) is 24.4 Å². The minimum atomic E-state index is -0.226. The number of pyridine rings is 1. The molecule has 0 N–H and O–H groups in total. The number of ether oxygens (including phenoxy) is 2. The van der Waals surface area contributed by atoms with E-state index in [1.54, 1.807) is 0 Å². The summed E-state index contributed by atoms with van der Waals surface area (Å²) in [5.41, 5.74) is 12.7. The van der Waals surface area contributed by atoms with Crippen LogP contribution in [0, 0.1) is 12.8 Å². The minimum absolute atomic E-state index is 0.0259. The number of hydrogen-bond acceptors (Lipinski definition) is 5. The second-order valence-electron chi connectivity index (χ2n) is 19.7. The maximum Gasteiger partial charge on any atom is 0.216 e. The van der Waals surface area contributed by atoms with Crippen molar-refractivity contribution >= 4 is 23.1 Å². The molecule has 1 aromatic heterocycles. The molecule has 0 unspecified atom stereocenters. The number of anilines is 3. The molecule has 3 heterocycles. The van der Waals surface area contributed by atoms with Crippen LogP contribution in [0.4, 0.5) is 17.2 Å². The number of nitrogens with zero attached hydrogens (tertiary/aromatic N) is 3. The number of aryl methyl sites for hydroxylation is 1. The lowest BCUT2D eigenvalue weighted by atomic mass is 9.72. The molecule has 5 aromatic rings. The number of hydrogen-bond donors (Lipinski definition) is 0. The van der Waals surface area contributed by atoms with Gasteiger partial charge in [-0.3, -0.25) is 4.90 Å². The zero-order valence-corrected chi connectivity index (χ0v) is 36.8. The quantitative estimate of drug-likeness (QED) is 0.158. The predicted molar refractivity (Wildman–Crippen MR) is 242 cm³/mol. The maximum atomic E-state index is 7.05. The van der Waals surface area contributed by atoms with Gasteiger partial charge in [0.15, 0.2) is 0 Å². The molecule has 0 saturated heterocycles. The van der Waals surface area contributed by atoms with Gasteiger partial charge in [-0.2, -0.15) is 0 Å². The maximum absolute atomic E-state index is 7.05. The minimum Gasteiger partial charge on any atom is -0.475 e. The number of aliphatic imine (C=N–C) groups is 1. The molecule has 1 atom stereocenters. The number of fused-ring (bicyclic) bond motifs is 2. The fourth-order valence-corrected chi connectivity index (χ4v) is 9.74. The van der Waals surface area contributed by atoms with Crippen LogP contribution in [-0.2, 0) is 15.6 Å². The van der Waals surface area contributed by atoms with E-state index in [2.05, 4.69) is 166 Å². The van der Waals surface area contributed by atoms with Crippen molar-refractivity contribution in [1.29, 1.82) is 0 Å². The average molecular weight is 774 g/mol. The lowest BCUT2D eigenvalue weighted by Gasteiger charge is -2.41. The monoisotopic (exact) mass is 773 g/mol. The molecule has 5 heteroatoms. The Morgan fingerprint density at radius 3 is 2.14 bits per heavy atom. The molecule has 3 aliphatic rings. The highest BCUT2D eigenvalue weighted by atomic mass is 16.5. The van der Waals surface area contributed by atoms with Crippen LogP contribution in [-0.4, -0.2) is 23.0 Å². The number of benzene rings is 4. The van der Waals surface area contributed by atoms with Crippen molar-refractivity contribution in [3.8, 4) is 22.6 Å². The van der Waals surface area contributed by atoms with E-state index in [9.17, 15) is 0 Å². The van der Waals surface area contributed by atoms with Crippen LogP contribution < -0.4 is 9.64 Å². The van der Waals surface area contributed by atoms with Gasteiger partial charge in [-0.1, -0.05) is 118 Å². The van der Waals surface area contributed by atoms with E-state index in [-0.39, 0.29) is 16.4 Å². The fraction of sp³-hybridized carbons (Fsp3) is 0.434. The molecule has 0 spiro atoms. The summed E-state index contributed by atoms with van der Waals surface area (Å²) < 4.78 is 13.6. The zero-order valence-electron chi connectivity index (χ0n) is 36.8. The normalized spacial score (nSPS) is 19.2. The highest BCUT2D eigenvalue weighted by Crippen LogP contribution is 2.52. The van der Waals surface area contributed by atoms with Crippen LogP contribution in [0.1, 0.15) is 152 Å². The molecular weight excluding hydrogens is 711 g/mol. The van der Waals surface area contributed by atoms with Gasteiger partial charge in [-0.25, -0.2) is 9.98 Å². The van der Waals surface area contributed by atoms with E-state index < -0.39 is 0 Å². The molecule has 1 saturated carbocycles. The molecule has 0 bridgehead atoms. The third kappa shape index (κ3) is 7.35. The first-order valence-corrected chi connectivity index (χ1v) is 21.7. The summed E-state index contributed by atoms with van der Waals surface area (Å²) in [7, 11) is 0. The molecule has 5 nitrogen and oxygen atoms in total. The summed E-state index contributed by atoms with van der Waals surface area (Å²) in [4.78, 5) is 12.8. The molecule has 0 amide bonds. The topological polar surface area (TPSA) is 47.0 Å². The summed E-state index contributed by atoms with van der Waals surface area (Å²) in [6.45, 7) is 25.7. The van der Waals surface area contributed by atoms with Gasteiger partial charge in [-0.05, 0) is 131 Å². The predicted octanol–water partition coefficient (Wildman–Crippen LogP) is 14.6. The summed E-state index contributed by atoms with van der Waals surface area (Å²) >= 11 is 0. The Balaban J connectivity index is 1.26. The summed E-state index contributed by atoms with van der Waals surface area (Å²) in [5, 5.41) is 0. The SMILES string of the molecule is Cc1cc(Oc2cc(C3=N[C@](C)(C4CCCCC4)CO3)cc(-c3c(C(C)C)cccc3C(C)C)c2)cc(N2c3ccc(C(C)(C)C)cc3C(C)(C)c3cccnc32)c1. The molecule has 2 aliphatic heterocycles. The Labute approximate surface area is 348 Å². The summed E-state index contributed by atoms with van der Waals surface area (Å²) in [6, 6.07) is 31.2. The molecule has 8 rings (SSSR count). The second kappa shape index (κ2) is 15.0. The van der Waals surface area contributed by atoms with Crippen molar-refractivity contribution in [3.05, 3.63) is 130 Å².